The zero-order chi connectivity index (χ0) is 12.4. The first-order valence-corrected chi connectivity index (χ1v) is 6.29. The van der Waals surface area contributed by atoms with Crippen LogP contribution >= 0.6 is 0 Å². The van der Waals surface area contributed by atoms with Gasteiger partial charge in [-0.15, -0.1) is 0 Å². The van der Waals surface area contributed by atoms with Gasteiger partial charge in [-0.25, -0.2) is 4.98 Å². The minimum absolute atomic E-state index is 0.193. The summed E-state index contributed by atoms with van der Waals surface area (Å²) in [5.74, 6) is 0.540. The van der Waals surface area contributed by atoms with E-state index in [-0.39, 0.29) is 10.6 Å². The van der Waals surface area contributed by atoms with Gasteiger partial charge in [-0.3, -0.25) is 0 Å². The van der Waals surface area contributed by atoms with Gasteiger partial charge < -0.3 is 10.2 Å². The molecule has 2 N–H and O–H groups in total. The van der Waals surface area contributed by atoms with E-state index in [9.17, 15) is 0 Å². The van der Waals surface area contributed by atoms with Gasteiger partial charge >= 0.3 is 0 Å². The van der Waals surface area contributed by atoms with Crippen LogP contribution in [0.3, 0.4) is 0 Å². The maximum atomic E-state index is 5.97. The molecule has 0 fully saturated rings. The number of nitrogens with zero attached hydrogens (tertiary/aromatic N) is 1. The first-order valence-electron chi connectivity index (χ1n) is 5.38. The van der Waals surface area contributed by atoms with E-state index in [0.717, 1.165) is 5.56 Å². The van der Waals surface area contributed by atoms with Gasteiger partial charge in [-0.1, -0.05) is 26.8 Å². The number of anilines is 1. The summed E-state index contributed by atoms with van der Waals surface area (Å²) in [6.45, 7) is 10.6. The molecule has 0 unspecified atom stereocenters. The van der Waals surface area contributed by atoms with Crippen LogP contribution in [0.25, 0.3) is 0 Å². The fourth-order valence-electron chi connectivity index (χ4n) is 1.10. The molecule has 3 nitrogen and oxygen atoms in total. The van der Waals surface area contributed by atoms with Crippen molar-refractivity contribution in [2.45, 2.75) is 45.3 Å². The quantitative estimate of drug-likeness (QED) is 0.821. The molecule has 0 aliphatic heterocycles. The summed E-state index contributed by atoms with van der Waals surface area (Å²) in [4.78, 5) is 4.09. The van der Waals surface area contributed by atoms with Gasteiger partial charge in [0, 0.05) is 11.8 Å². The van der Waals surface area contributed by atoms with Crippen molar-refractivity contribution in [2.75, 3.05) is 5.73 Å². The molecule has 0 saturated heterocycles. The zero-order valence-corrected chi connectivity index (χ0v) is 11.7. The van der Waals surface area contributed by atoms with Crippen LogP contribution in [0.4, 0.5) is 5.82 Å². The maximum absolute atomic E-state index is 5.97. The predicted octanol–water partition coefficient (Wildman–Crippen LogP) is 2.75. The predicted molar refractivity (Wildman–Crippen MR) is 68.2 cm³/mol. The Labute approximate surface area is 100 Å². The lowest BCUT2D eigenvalue weighted by atomic mass is 10.0. The topological polar surface area (TPSA) is 48.1 Å². The van der Waals surface area contributed by atoms with Crippen LogP contribution in [0.2, 0.25) is 5.04 Å². The minimum atomic E-state index is -0.313. The van der Waals surface area contributed by atoms with E-state index < -0.39 is 0 Å². The van der Waals surface area contributed by atoms with Gasteiger partial charge in [0.2, 0.25) is 9.76 Å². The SMILES string of the molecule is CC(C)(C)[Si]OC(C)(C)c1ccc(N)nc1. The summed E-state index contributed by atoms with van der Waals surface area (Å²) >= 11 is 0. The molecule has 16 heavy (non-hydrogen) atoms. The third-order valence-electron chi connectivity index (χ3n) is 2.09. The Kier molecular flexibility index (Phi) is 3.75. The number of pyridine rings is 1. The zero-order valence-electron chi connectivity index (χ0n) is 10.7. The average molecular weight is 236 g/mol. The molecule has 1 rings (SSSR count). The highest BCUT2D eigenvalue weighted by Gasteiger charge is 2.25. The second kappa shape index (κ2) is 4.55. The van der Waals surface area contributed by atoms with Gasteiger partial charge in [0.1, 0.15) is 5.82 Å². The van der Waals surface area contributed by atoms with Crippen LogP contribution in [0.5, 0.6) is 0 Å². The Morgan fingerprint density at radius 1 is 1.19 bits per heavy atom. The molecule has 4 heteroatoms. The Balaban J connectivity index is 2.73. The standard InChI is InChI=1S/C12H20N2OSi/c1-11(2,3)16-15-12(4,5)9-6-7-10(13)14-8-9/h6-8H,1-5H3,(H2,13,14). The molecular formula is C12H20N2OSi. The van der Waals surface area contributed by atoms with E-state index >= 15 is 0 Å². The number of nitrogens with two attached hydrogens (primary N) is 1. The Hall–Kier alpha value is -0.873. The van der Waals surface area contributed by atoms with Crippen molar-refractivity contribution in [3.63, 3.8) is 0 Å². The molecule has 1 heterocycles. The van der Waals surface area contributed by atoms with Crippen LogP contribution < -0.4 is 5.73 Å². The first-order chi connectivity index (χ1) is 7.21. The van der Waals surface area contributed by atoms with Crippen LogP contribution in [0.1, 0.15) is 40.2 Å². The molecule has 1 aromatic heterocycles. The van der Waals surface area contributed by atoms with Gasteiger partial charge in [0.05, 0.1) is 5.60 Å². The van der Waals surface area contributed by atoms with Crippen molar-refractivity contribution in [1.29, 1.82) is 0 Å². The lowest BCUT2D eigenvalue weighted by molar-refractivity contribution is 0.109. The Morgan fingerprint density at radius 3 is 2.25 bits per heavy atom. The lowest BCUT2D eigenvalue weighted by Crippen LogP contribution is -2.27. The molecule has 0 saturated carbocycles. The van der Waals surface area contributed by atoms with Crippen molar-refractivity contribution in [3.05, 3.63) is 23.9 Å². The molecule has 88 valence electrons. The first kappa shape index (κ1) is 13.2. The molecular weight excluding hydrogens is 216 g/mol. The summed E-state index contributed by atoms with van der Waals surface area (Å²) in [7, 11) is 0.457. The summed E-state index contributed by atoms with van der Waals surface area (Å²) < 4.78 is 5.97. The molecule has 0 spiro atoms. The summed E-state index contributed by atoms with van der Waals surface area (Å²) in [6, 6.07) is 3.77. The van der Waals surface area contributed by atoms with E-state index in [1.165, 1.54) is 0 Å². The van der Waals surface area contributed by atoms with Gasteiger partial charge in [0.25, 0.3) is 0 Å². The molecule has 0 aliphatic carbocycles. The molecule has 1 aromatic rings. The molecule has 0 amide bonds. The largest absolute Gasteiger partial charge is 0.408 e. The molecule has 0 aliphatic rings. The number of rotatable bonds is 3. The van der Waals surface area contributed by atoms with Gasteiger partial charge in [0.15, 0.2) is 0 Å². The van der Waals surface area contributed by atoms with Crippen molar-refractivity contribution in [2.24, 2.45) is 0 Å². The number of hydrogen-bond acceptors (Lipinski definition) is 3. The third-order valence-corrected chi connectivity index (χ3v) is 3.32. The van der Waals surface area contributed by atoms with Crippen molar-refractivity contribution in [3.8, 4) is 0 Å². The van der Waals surface area contributed by atoms with Crippen LogP contribution in [-0.2, 0) is 10.0 Å². The van der Waals surface area contributed by atoms with Gasteiger partial charge in [-0.05, 0) is 25.0 Å². The normalized spacial score (nSPS) is 12.8. The van der Waals surface area contributed by atoms with Crippen molar-refractivity contribution >= 4 is 15.6 Å². The van der Waals surface area contributed by atoms with Crippen molar-refractivity contribution < 1.29 is 4.43 Å². The third kappa shape index (κ3) is 3.94. The molecule has 2 radical (unpaired) electrons. The number of aromatic nitrogens is 1. The lowest BCUT2D eigenvalue weighted by Gasteiger charge is -2.29. The highest BCUT2D eigenvalue weighted by Crippen LogP contribution is 2.29. The van der Waals surface area contributed by atoms with Crippen LogP contribution in [0.15, 0.2) is 18.3 Å². The van der Waals surface area contributed by atoms with E-state index in [2.05, 4.69) is 39.6 Å². The fraction of sp³-hybridized carbons (Fsp3) is 0.583. The summed E-state index contributed by atoms with van der Waals surface area (Å²) in [5, 5.41) is 0.193. The molecule has 0 aromatic carbocycles. The molecule has 0 atom stereocenters. The average Bonchev–Trinajstić information content (AvgIpc) is 2.15. The molecule has 0 bridgehead atoms. The smallest absolute Gasteiger partial charge is 0.236 e. The second-order valence-corrected chi connectivity index (χ2v) is 7.34. The van der Waals surface area contributed by atoms with E-state index in [4.69, 9.17) is 10.2 Å². The van der Waals surface area contributed by atoms with E-state index in [1.54, 1.807) is 12.3 Å². The highest BCUT2D eigenvalue weighted by molar-refractivity contribution is 6.31. The monoisotopic (exact) mass is 236 g/mol. The van der Waals surface area contributed by atoms with Crippen molar-refractivity contribution in [1.82, 2.24) is 4.98 Å². The van der Waals surface area contributed by atoms with Crippen LogP contribution in [-0.4, -0.2) is 14.7 Å². The maximum Gasteiger partial charge on any atom is 0.236 e. The Morgan fingerprint density at radius 2 is 1.81 bits per heavy atom. The van der Waals surface area contributed by atoms with Gasteiger partial charge in [-0.2, -0.15) is 0 Å². The van der Waals surface area contributed by atoms with Crippen LogP contribution in [0, 0.1) is 0 Å². The summed E-state index contributed by atoms with van der Waals surface area (Å²) in [6.07, 6.45) is 1.78. The Bertz CT molecular complexity index is 341. The number of hydrogen-bond donors (Lipinski definition) is 1. The minimum Gasteiger partial charge on any atom is -0.408 e. The van der Waals surface area contributed by atoms with E-state index in [1.807, 2.05) is 6.07 Å². The fourth-order valence-corrected chi connectivity index (χ4v) is 1.78. The second-order valence-electron chi connectivity index (χ2n) is 5.44. The summed E-state index contributed by atoms with van der Waals surface area (Å²) in [5.41, 5.74) is 6.30. The highest BCUT2D eigenvalue weighted by atomic mass is 28.2. The number of nitrogen functional groups attached to an aromatic ring is 1. The van der Waals surface area contributed by atoms with E-state index in [0.29, 0.717) is 15.6 Å².